The third kappa shape index (κ3) is 7.65. The zero-order valence-electron chi connectivity index (χ0n) is 26.3. The number of amides is 2. The van der Waals surface area contributed by atoms with Gasteiger partial charge in [0.05, 0.1) is 17.1 Å². The van der Waals surface area contributed by atoms with Crippen molar-refractivity contribution in [2.75, 3.05) is 25.5 Å². The first-order chi connectivity index (χ1) is 20.3. The third-order valence-corrected chi connectivity index (χ3v) is 8.58. The standard InChI is InChI=1S/C34H43ClN6O2/c1-22(2)17-26(19-36)32(43)40-16-8-9-28(21-40)41-30-15-10-24(20-39(7)23(3)34(4,5)6)18-29(30)37-33(41)38-31(42)25-11-13-27(35)14-12-25/h10-15,17-18,22-23,28H,8-9,16,20-21H2,1-7H3,(H,37,38,42)/b26-17+/t23-,28?/m0/s1. The van der Waals surface area contributed by atoms with Gasteiger partial charge in [-0.1, -0.05) is 58.4 Å². The lowest BCUT2D eigenvalue weighted by Crippen LogP contribution is -2.41. The largest absolute Gasteiger partial charge is 0.336 e. The van der Waals surface area contributed by atoms with Crippen molar-refractivity contribution in [2.24, 2.45) is 11.3 Å². The summed E-state index contributed by atoms with van der Waals surface area (Å²) in [6, 6.07) is 15.3. The van der Waals surface area contributed by atoms with Crippen LogP contribution in [0.1, 0.15) is 76.3 Å². The van der Waals surface area contributed by atoms with Crippen molar-refractivity contribution in [1.29, 1.82) is 5.26 Å². The number of nitrogens with one attached hydrogen (secondary N) is 1. The lowest BCUT2D eigenvalue weighted by molar-refractivity contribution is -0.128. The van der Waals surface area contributed by atoms with Crippen LogP contribution in [0.4, 0.5) is 5.95 Å². The van der Waals surface area contributed by atoms with Gasteiger partial charge >= 0.3 is 0 Å². The molecule has 2 amide bonds. The Hall–Kier alpha value is -3.67. The summed E-state index contributed by atoms with van der Waals surface area (Å²) in [6.45, 7) is 14.6. The van der Waals surface area contributed by atoms with Gasteiger partial charge in [-0.15, -0.1) is 0 Å². The first-order valence-electron chi connectivity index (χ1n) is 15.0. The highest BCUT2D eigenvalue weighted by molar-refractivity contribution is 6.30. The van der Waals surface area contributed by atoms with E-state index in [4.69, 9.17) is 16.6 Å². The van der Waals surface area contributed by atoms with Crippen LogP contribution in [0.5, 0.6) is 0 Å². The van der Waals surface area contributed by atoms with E-state index in [1.807, 2.05) is 18.4 Å². The van der Waals surface area contributed by atoms with Gasteiger partial charge in [0.2, 0.25) is 5.95 Å². The van der Waals surface area contributed by atoms with Crippen LogP contribution in [-0.4, -0.2) is 57.3 Å². The normalized spacial score (nSPS) is 16.9. The van der Waals surface area contributed by atoms with Crippen LogP contribution in [0.2, 0.25) is 5.02 Å². The summed E-state index contributed by atoms with van der Waals surface area (Å²) < 4.78 is 2.05. The fourth-order valence-corrected chi connectivity index (χ4v) is 5.70. The first kappa shape index (κ1) is 32.2. The van der Waals surface area contributed by atoms with E-state index in [9.17, 15) is 14.9 Å². The average molecular weight is 603 g/mol. The molecule has 0 saturated carbocycles. The Morgan fingerprint density at radius 1 is 1.19 bits per heavy atom. The lowest BCUT2D eigenvalue weighted by atomic mass is 9.87. The molecule has 2 atom stereocenters. The van der Waals surface area contributed by atoms with E-state index < -0.39 is 0 Å². The van der Waals surface area contributed by atoms with E-state index >= 15 is 0 Å². The summed E-state index contributed by atoms with van der Waals surface area (Å²) in [6.07, 6.45) is 3.30. The molecule has 1 aromatic heterocycles. The van der Waals surface area contributed by atoms with Crippen molar-refractivity contribution in [3.63, 3.8) is 0 Å². The van der Waals surface area contributed by atoms with Gasteiger partial charge in [0.25, 0.3) is 11.8 Å². The second-order valence-electron chi connectivity index (χ2n) is 13.0. The Morgan fingerprint density at radius 2 is 1.88 bits per heavy atom. The number of fused-ring (bicyclic) bond motifs is 1. The molecule has 3 aromatic rings. The Balaban J connectivity index is 1.70. The van der Waals surface area contributed by atoms with Gasteiger partial charge in [0, 0.05) is 36.3 Å². The summed E-state index contributed by atoms with van der Waals surface area (Å²) in [5.74, 6) is -0.0231. The minimum Gasteiger partial charge on any atom is -0.336 e. The third-order valence-electron chi connectivity index (χ3n) is 8.33. The number of rotatable bonds is 8. The number of imidazole rings is 1. The number of halogens is 1. The fraction of sp³-hybridized carbons (Fsp3) is 0.471. The molecule has 8 nitrogen and oxygen atoms in total. The van der Waals surface area contributed by atoms with Crippen molar-refractivity contribution in [3.05, 3.63) is 70.3 Å². The van der Waals surface area contributed by atoms with Crippen molar-refractivity contribution < 1.29 is 9.59 Å². The maximum Gasteiger partial charge on any atom is 0.264 e. The number of anilines is 1. The monoisotopic (exact) mass is 602 g/mol. The summed E-state index contributed by atoms with van der Waals surface area (Å²) in [5.41, 5.74) is 3.57. The van der Waals surface area contributed by atoms with Gasteiger partial charge in [-0.05, 0) is 80.1 Å². The summed E-state index contributed by atoms with van der Waals surface area (Å²) in [4.78, 5) is 35.6. The molecule has 1 N–H and O–H groups in total. The Morgan fingerprint density at radius 3 is 2.51 bits per heavy atom. The number of nitrogens with zero attached hydrogens (tertiary/aromatic N) is 5. The second-order valence-corrected chi connectivity index (χ2v) is 13.5. The molecule has 228 valence electrons. The minimum atomic E-state index is -0.289. The molecule has 0 radical (unpaired) electrons. The van der Waals surface area contributed by atoms with Gasteiger partial charge in [0.15, 0.2) is 0 Å². The zero-order valence-corrected chi connectivity index (χ0v) is 27.1. The van der Waals surface area contributed by atoms with Crippen LogP contribution in [-0.2, 0) is 11.3 Å². The molecular weight excluding hydrogens is 560 g/mol. The molecule has 0 spiro atoms. The maximum absolute atomic E-state index is 13.3. The molecule has 1 aliphatic heterocycles. The van der Waals surface area contributed by atoms with Crippen molar-refractivity contribution >= 4 is 40.4 Å². The molecule has 1 aliphatic rings. The number of hydrogen-bond donors (Lipinski definition) is 1. The summed E-state index contributed by atoms with van der Waals surface area (Å²) in [5, 5.41) is 13.2. The Bertz CT molecular complexity index is 1540. The van der Waals surface area contributed by atoms with Gasteiger partial charge in [0.1, 0.15) is 11.6 Å². The molecule has 9 heteroatoms. The van der Waals surface area contributed by atoms with Gasteiger partial charge < -0.3 is 9.47 Å². The van der Waals surface area contributed by atoms with Crippen LogP contribution >= 0.6 is 11.6 Å². The number of allylic oxidation sites excluding steroid dienone is 1. The van der Waals surface area contributed by atoms with Crippen molar-refractivity contribution in [3.8, 4) is 6.07 Å². The number of carbonyl (C=O) groups excluding carboxylic acids is 2. The molecular formula is C34H43ClN6O2. The zero-order chi connectivity index (χ0) is 31.5. The minimum absolute atomic E-state index is 0.0890. The van der Waals surface area contributed by atoms with E-state index in [0.29, 0.717) is 35.7 Å². The number of hydrogen-bond acceptors (Lipinski definition) is 5. The van der Waals surface area contributed by atoms with E-state index in [1.54, 1.807) is 35.2 Å². The van der Waals surface area contributed by atoms with Crippen LogP contribution in [0, 0.1) is 22.7 Å². The topological polar surface area (TPSA) is 94.3 Å². The average Bonchev–Trinajstić information content (AvgIpc) is 3.31. The van der Waals surface area contributed by atoms with E-state index in [2.05, 4.69) is 69.2 Å². The Kier molecular flexibility index (Phi) is 9.99. The van der Waals surface area contributed by atoms with E-state index in [-0.39, 0.29) is 34.8 Å². The van der Waals surface area contributed by atoms with Gasteiger partial charge in [-0.2, -0.15) is 5.26 Å². The van der Waals surface area contributed by atoms with Gasteiger partial charge in [-0.3, -0.25) is 19.8 Å². The molecule has 0 bridgehead atoms. The number of aromatic nitrogens is 2. The molecule has 0 aliphatic carbocycles. The second kappa shape index (κ2) is 13.3. The molecule has 43 heavy (non-hydrogen) atoms. The lowest BCUT2D eigenvalue weighted by Gasteiger charge is -2.35. The van der Waals surface area contributed by atoms with E-state index in [0.717, 1.165) is 36.0 Å². The number of likely N-dealkylation sites (tertiary alicyclic amines) is 1. The molecule has 4 rings (SSSR count). The highest BCUT2D eigenvalue weighted by Gasteiger charge is 2.30. The van der Waals surface area contributed by atoms with Crippen LogP contribution in [0.15, 0.2) is 54.1 Å². The van der Waals surface area contributed by atoms with Gasteiger partial charge in [-0.25, -0.2) is 4.98 Å². The highest BCUT2D eigenvalue weighted by atomic mass is 35.5. The predicted molar refractivity (Wildman–Crippen MR) is 173 cm³/mol. The highest BCUT2D eigenvalue weighted by Crippen LogP contribution is 2.32. The van der Waals surface area contributed by atoms with Crippen molar-refractivity contribution in [1.82, 2.24) is 19.4 Å². The SMILES string of the molecule is CC(C)/C=C(\C#N)C(=O)N1CCCC(n2c(NC(=O)c3ccc(Cl)cc3)nc3cc(CN(C)[C@@H](C)C(C)(C)C)ccc32)C1. The summed E-state index contributed by atoms with van der Waals surface area (Å²) in [7, 11) is 2.13. The number of benzene rings is 2. The van der Waals surface area contributed by atoms with Crippen molar-refractivity contribution in [2.45, 2.75) is 73.0 Å². The summed E-state index contributed by atoms with van der Waals surface area (Å²) >= 11 is 6.04. The number of piperidine rings is 1. The molecule has 2 heterocycles. The smallest absolute Gasteiger partial charge is 0.264 e. The predicted octanol–water partition coefficient (Wildman–Crippen LogP) is 7.08. The Labute approximate surface area is 260 Å². The molecule has 1 fully saturated rings. The molecule has 1 saturated heterocycles. The van der Waals surface area contributed by atoms with Crippen LogP contribution in [0.25, 0.3) is 11.0 Å². The maximum atomic E-state index is 13.3. The fourth-order valence-electron chi connectivity index (χ4n) is 5.57. The molecule has 2 aromatic carbocycles. The molecule has 1 unspecified atom stereocenters. The van der Waals surface area contributed by atoms with Crippen LogP contribution < -0.4 is 5.32 Å². The van der Waals surface area contributed by atoms with Crippen LogP contribution in [0.3, 0.4) is 0 Å². The quantitative estimate of drug-likeness (QED) is 0.220. The number of nitriles is 1. The first-order valence-corrected chi connectivity index (χ1v) is 15.4. The number of carbonyl (C=O) groups is 2. The van der Waals surface area contributed by atoms with E-state index in [1.165, 1.54) is 0 Å².